The second kappa shape index (κ2) is 6.52. The molecule has 1 aromatic carbocycles. The quantitative estimate of drug-likeness (QED) is 0.680. The van der Waals surface area contributed by atoms with E-state index in [-0.39, 0.29) is 0 Å². The van der Waals surface area contributed by atoms with Crippen molar-refractivity contribution in [3.8, 4) is 28.7 Å². The van der Waals surface area contributed by atoms with Crippen molar-refractivity contribution in [2.75, 3.05) is 25.9 Å². The standard InChI is InChI=1S/C19H18ClN5O/c1-25-14(6-3-11-8-22-9-11)16(17-18(21)23-10-24-19(17)25)12-4-5-13(20)15(7-12)26-2/h4-5,7,10-11,22H,8-9H2,1-2H3,(H2,21,23,24). The SMILES string of the molecule is COc1cc(-c2c(C#CC3CNC3)n(C)c3ncnc(N)c23)ccc1Cl. The van der Waals surface area contributed by atoms with Crippen molar-refractivity contribution in [3.05, 3.63) is 35.2 Å². The molecule has 1 aliphatic rings. The van der Waals surface area contributed by atoms with Crippen LogP contribution in [0.5, 0.6) is 5.75 Å². The van der Waals surface area contributed by atoms with Crippen molar-refractivity contribution < 1.29 is 4.74 Å². The number of nitrogens with one attached hydrogen (secondary N) is 1. The molecule has 0 bridgehead atoms. The van der Waals surface area contributed by atoms with Gasteiger partial charge < -0.3 is 20.4 Å². The zero-order valence-electron chi connectivity index (χ0n) is 14.5. The van der Waals surface area contributed by atoms with Crippen LogP contribution < -0.4 is 15.8 Å². The van der Waals surface area contributed by atoms with Gasteiger partial charge >= 0.3 is 0 Å². The largest absolute Gasteiger partial charge is 0.495 e. The fourth-order valence-electron chi connectivity index (χ4n) is 3.08. The lowest BCUT2D eigenvalue weighted by Crippen LogP contribution is -2.40. The van der Waals surface area contributed by atoms with Crippen molar-refractivity contribution in [1.29, 1.82) is 0 Å². The first-order chi connectivity index (χ1) is 12.6. The molecule has 26 heavy (non-hydrogen) atoms. The lowest BCUT2D eigenvalue weighted by molar-refractivity contribution is 0.415. The average Bonchev–Trinajstić information content (AvgIpc) is 2.88. The highest BCUT2D eigenvalue weighted by Crippen LogP contribution is 2.38. The number of halogens is 1. The topological polar surface area (TPSA) is 78.0 Å². The van der Waals surface area contributed by atoms with Gasteiger partial charge in [-0.1, -0.05) is 23.6 Å². The van der Waals surface area contributed by atoms with E-state index < -0.39 is 0 Å². The first kappa shape index (κ1) is 16.7. The molecule has 0 aliphatic carbocycles. The number of benzene rings is 1. The Kier molecular flexibility index (Phi) is 4.19. The predicted octanol–water partition coefficient (Wildman–Crippen LogP) is 2.45. The van der Waals surface area contributed by atoms with Crippen LogP contribution in [-0.4, -0.2) is 34.7 Å². The van der Waals surface area contributed by atoms with E-state index in [2.05, 4.69) is 27.1 Å². The third-order valence-electron chi connectivity index (χ3n) is 4.61. The molecule has 0 spiro atoms. The van der Waals surface area contributed by atoms with Crippen LogP contribution in [0.1, 0.15) is 5.69 Å². The van der Waals surface area contributed by atoms with Crippen molar-refractivity contribution in [1.82, 2.24) is 19.9 Å². The Morgan fingerprint density at radius 3 is 2.85 bits per heavy atom. The van der Waals surface area contributed by atoms with Crippen molar-refractivity contribution in [2.24, 2.45) is 13.0 Å². The van der Waals surface area contributed by atoms with Crippen molar-refractivity contribution >= 4 is 28.5 Å². The normalized spacial score (nSPS) is 14.0. The van der Waals surface area contributed by atoms with E-state index >= 15 is 0 Å². The Morgan fingerprint density at radius 2 is 2.15 bits per heavy atom. The number of hydrogen-bond donors (Lipinski definition) is 2. The van der Waals surface area contributed by atoms with Gasteiger partial charge in [-0.05, 0) is 23.6 Å². The van der Waals surface area contributed by atoms with E-state index in [0.717, 1.165) is 40.9 Å². The van der Waals surface area contributed by atoms with Gasteiger partial charge in [-0.25, -0.2) is 9.97 Å². The van der Waals surface area contributed by atoms with Gasteiger partial charge in [-0.2, -0.15) is 0 Å². The van der Waals surface area contributed by atoms with E-state index in [1.54, 1.807) is 7.11 Å². The van der Waals surface area contributed by atoms with Crippen LogP contribution in [0.2, 0.25) is 5.02 Å². The molecule has 1 saturated heterocycles. The zero-order chi connectivity index (χ0) is 18.3. The monoisotopic (exact) mass is 367 g/mol. The molecule has 3 N–H and O–H groups in total. The summed E-state index contributed by atoms with van der Waals surface area (Å²) in [4.78, 5) is 8.57. The van der Waals surface area contributed by atoms with Gasteiger partial charge in [0.15, 0.2) is 0 Å². The summed E-state index contributed by atoms with van der Waals surface area (Å²) in [5, 5.41) is 4.57. The lowest BCUT2D eigenvalue weighted by Gasteiger charge is -2.21. The predicted molar refractivity (Wildman–Crippen MR) is 103 cm³/mol. The van der Waals surface area contributed by atoms with Gasteiger partial charge in [0.05, 0.1) is 17.5 Å². The molecule has 0 saturated carbocycles. The summed E-state index contributed by atoms with van der Waals surface area (Å²) >= 11 is 6.19. The molecule has 0 unspecified atom stereocenters. The Hall–Kier alpha value is -2.75. The number of fused-ring (bicyclic) bond motifs is 1. The van der Waals surface area contributed by atoms with Crippen LogP contribution in [0.15, 0.2) is 24.5 Å². The van der Waals surface area contributed by atoms with Gasteiger partial charge in [-0.15, -0.1) is 0 Å². The molecule has 7 heteroatoms. The number of hydrogen-bond acceptors (Lipinski definition) is 5. The van der Waals surface area contributed by atoms with E-state index in [4.69, 9.17) is 22.1 Å². The maximum Gasteiger partial charge on any atom is 0.146 e. The second-order valence-corrected chi connectivity index (χ2v) is 6.62. The number of nitrogen functional groups attached to an aromatic ring is 1. The summed E-state index contributed by atoms with van der Waals surface area (Å²) in [6.07, 6.45) is 1.47. The van der Waals surface area contributed by atoms with Gasteiger partial charge in [0, 0.05) is 31.6 Å². The molecule has 6 nitrogen and oxygen atoms in total. The van der Waals surface area contributed by atoms with Crippen LogP contribution in [0.4, 0.5) is 5.82 Å². The molecular weight excluding hydrogens is 350 g/mol. The minimum atomic E-state index is 0.365. The summed E-state index contributed by atoms with van der Waals surface area (Å²) < 4.78 is 7.34. The van der Waals surface area contributed by atoms with Crippen LogP contribution in [0, 0.1) is 17.8 Å². The molecule has 0 amide bonds. The van der Waals surface area contributed by atoms with Crippen LogP contribution in [-0.2, 0) is 7.05 Å². The maximum atomic E-state index is 6.19. The number of methoxy groups -OCH3 is 1. The van der Waals surface area contributed by atoms with Crippen LogP contribution >= 0.6 is 11.6 Å². The first-order valence-electron chi connectivity index (χ1n) is 8.25. The molecule has 2 aromatic heterocycles. The number of rotatable bonds is 2. The highest BCUT2D eigenvalue weighted by molar-refractivity contribution is 6.32. The maximum absolute atomic E-state index is 6.19. The van der Waals surface area contributed by atoms with Crippen molar-refractivity contribution in [2.45, 2.75) is 0 Å². The number of ether oxygens (including phenoxy) is 1. The second-order valence-electron chi connectivity index (χ2n) is 6.21. The van der Waals surface area contributed by atoms with Gasteiger partial charge in [0.2, 0.25) is 0 Å². The molecule has 3 aromatic rings. The minimum absolute atomic E-state index is 0.365. The third kappa shape index (κ3) is 2.66. The fourth-order valence-corrected chi connectivity index (χ4v) is 3.27. The molecule has 1 fully saturated rings. The summed E-state index contributed by atoms with van der Waals surface area (Å²) in [5.41, 5.74) is 9.60. The molecule has 0 atom stereocenters. The molecular formula is C19H18ClN5O. The molecule has 4 rings (SSSR count). The number of nitrogens with two attached hydrogens (primary N) is 1. The van der Waals surface area contributed by atoms with E-state index in [1.165, 1.54) is 6.33 Å². The number of anilines is 1. The Balaban J connectivity index is 2.00. The third-order valence-corrected chi connectivity index (χ3v) is 4.92. The fraction of sp³-hybridized carbons (Fsp3) is 0.263. The smallest absolute Gasteiger partial charge is 0.146 e. The zero-order valence-corrected chi connectivity index (χ0v) is 15.3. The van der Waals surface area contributed by atoms with Crippen LogP contribution in [0.3, 0.4) is 0 Å². The molecule has 0 radical (unpaired) electrons. The molecule has 3 heterocycles. The summed E-state index contributed by atoms with van der Waals surface area (Å²) in [6.45, 7) is 1.84. The summed E-state index contributed by atoms with van der Waals surface area (Å²) in [5.74, 6) is 8.04. The van der Waals surface area contributed by atoms with Gasteiger partial charge in [-0.3, -0.25) is 0 Å². The molecule has 1 aliphatic heterocycles. The van der Waals surface area contributed by atoms with E-state index in [0.29, 0.717) is 22.5 Å². The Bertz CT molecular complexity index is 1060. The minimum Gasteiger partial charge on any atom is -0.495 e. The Labute approximate surface area is 156 Å². The average molecular weight is 368 g/mol. The van der Waals surface area contributed by atoms with Crippen LogP contribution in [0.25, 0.3) is 22.2 Å². The highest BCUT2D eigenvalue weighted by atomic mass is 35.5. The summed E-state index contributed by atoms with van der Waals surface area (Å²) in [7, 11) is 3.53. The number of aryl methyl sites for hydroxylation is 1. The lowest BCUT2D eigenvalue weighted by atomic mass is 10.0. The number of aromatic nitrogens is 3. The highest BCUT2D eigenvalue weighted by Gasteiger charge is 2.21. The number of nitrogens with zero attached hydrogens (tertiary/aromatic N) is 3. The van der Waals surface area contributed by atoms with Gasteiger partial charge in [0.1, 0.15) is 29.2 Å². The van der Waals surface area contributed by atoms with E-state index in [9.17, 15) is 0 Å². The van der Waals surface area contributed by atoms with Crippen molar-refractivity contribution in [3.63, 3.8) is 0 Å². The van der Waals surface area contributed by atoms with E-state index in [1.807, 2.05) is 29.8 Å². The Morgan fingerprint density at radius 1 is 1.35 bits per heavy atom. The first-order valence-corrected chi connectivity index (χ1v) is 8.63. The van der Waals surface area contributed by atoms with Gasteiger partial charge in [0.25, 0.3) is 0 Å². The summed E-state index contributed by atoms with van der Waals surface area (Å²) in [6, 6.07) is 5.63. The molecule has 132 valence electrons.